The van der Waals surface area contributed by atoms with E-state index in [1.807, 2.05) is 11.1 Å². The molecule has 1 N–H and O–H groups in total. The molecule has 3 fully saturated rings. The van der Waals surface area contributed by atoms with Crippen molar-refractivity contribution in [2.45, 2.75) is 132 Å². The Morgan fingerprint density at radius 3 is 2.06 bits per heavy atom. The fraction of sp³-hybridized carbons (Fsp3) is 0.933. The highest BCUT2D eigenvalue weighted by atomic mass is 16.3. The van der Waals surface area contributed by atoms with E-state index in [4.69, 9.17) is 0 Å². The molecule has 0 unspecified atom stereocenters. The van der Waals surface area contributed by atoms with E-state index in [1.165, 1.54) is 64.2 Å². The van der Waals surface area contributed by atoms with Gasteiger partial charge in [0.25, 0.3) is 0 Å². The van der Waals surface area contributed by atoms with Crippen LogP contribution in [0.5, 0.6) is 0 Å². The molecule has 0 aromatic rings. The highest BCUT2D eigenvalue weighted by Gasteiger charge is 2.65. The summed E-state index contributed by atoms with van der Waals surface area (Å²) in [5.41, 5.74) is 6.02. The second-order valence-electron chi connectivity index (χ2n) is 15.2. The van der Waals surface area contributed by atoms with Crippen molar-refractivity contribution < 1.29 is 5.11 Å². The minimum Gasteiger partial charge on any atom is -0.393 e. The van der Waals surface area contributed by atoms with E-state index in [2.05, 4.69) is 55.4 Å². The average molecular weight is 427 g/mol. The van der Waals surface area contributed by atoms with Gasteiger partial charge in [0, 0.05) is 0 Å². The largest absolute Gasteiger partial charge is 0.393 e. The van der Waals surface area contributed by atoms with Crippen LogP contribution in [0.25, 0.3) is 0 Å². The fourth-order valence-corrected chi connectivity index (χ4v) is 10.4. The van der Waals surface area contributed by atoms with E-state index < -0.39 is 0 Å². The third kappa shape index (κ3) is 2.77. The normalized spacial score (nSPS) is 53.1. The first-order valence-electron chi connectivity index (χ1n) is 13.6. The minimum absolute atomic E-state index is 0.0473. The van der Waals surface area contributed by atoms with Gasteiger partial charge in [-0.15, -0.1) is 0 Å². The Hall–Kier alpha value is -0.300. The average Bonchev–Trinajstić information content (AvgIpc) is 2.68. The predicted molar refractivity (Wildman–Crippen MR) is 131 cm³/mol. The van der Waals surface area contributed by atoms with Gasteiger partial charge < -0.3 is 5.11 Å². The lowest BCUT2D eigenvalue weighted by atomic mass is 9.35. The third-order valence-corrected chi connectivity index (χ3v) is 13.0. The summed E-state index contributed by atoms with van der Waals surface area (Å²) in [6.07, 6.45) is 14.5. The van der Waals surface area contributed by atoms with Gasteiger partial charge in [0.15, 0.2) is 0 Å². The van der Waals surface area contributed by atoms with Crippen molar-refractivity contribution in [1.29, 1.82) is 0 Å². The first-order valence-corrected chi connectivity index (χ1v) is 13.6. The van der Waals surface area contributed by atoms with Crippen LogP contribution in [0, 0.1) is 44.3 Å². The summed E-state index contributed by atoms with van der Waals surface area (Å²) in [6, 6.07) is 0. The van der Waals surface area contributed by atoms with Crippen LogP contribution < -0.4 is 0 Å². The molecule has 7 atom stereocenters. The van der Waals surface area contributed by atoms with Crippen molar-refractivity contribution in [2.24, 2.45) is 44.3 Å². The molecule has 0 aromatic heterocycles. The molecule has 0 saturated heterocycles. The van der Waals surface area contributed by atoms with Crippen LogP contribution >= 0.6 is 0 Å². The van der Waals surface area contributed by atoms with E-state index in [0.717, 1.165) is 12.3 Å². The topological polar surface area (TPSA) is 20.2 Å². The van der Waals surface area contributed by atoms with Crippen molar-refractivity contribution in [3.05, 3.63) is 11.1 Å². The van der Waals surface area contributed by atoms with Crippen molar-refractivity contribution in [2.75, 3.05) is 0 Å². The molecule has 0 amide bonds. The molecule has 176 valence electrons. The summed E-state index contributed by atoms with van der Waals surface area (Å²) < 4.78 is 0. The van der Waals surface area contributed by atoms with Gasteiger partial charge >= 0.3 is 0 Å². The summed E-state index contributed by atoms with van der Waals surface area (Å²) in [6.45, 7) is 20.5. The van der Waals surface area contributed by atoms with E-state index in [0.29, 0.717) is 33.0 Å². The minimum atomic E-state index is -0.128. The number of allylic oxidation sites excluding steroid dienone is 2. The Labute approximate surface area is 192 Å². The predicted octanol–water partition coefficient (Wildman–Crippen LogP) is 8.31. The molecule has 31 heavy (non-hydrogen) atoms. The zero-order valence-corrected chi connectivity index (χ0v) is 22.0. The smallest absolute Gasteiger partial charge is 0.0594 e. The van der Waals surface area contributed by atoms with Gasteiger partial charge in [-0.1, -0.05) is 66.5 Å². The number of hydrogen-bond donors (Lipinski definition) is 1. The molecule has 5 aliphatic rings. The van der Waals surface area contributed by atoms with E-state index >= 15 is 0 Å². The van der Waals surface area contributed by atoms with E-state index in [-0.39, 0.29) is 11.5 Å². The van der Waals surface area contributed by atoms with E-state index in [1.54, 1.807) is 0 Å². The van der Waals surface area contributed by atoms with Gasteiger partial charge in [-0.25, -0.2) is 0 Å². The van der Waals surface area contributed by atoms with Crippen molar-refractivity contribution in [1.82, 2.24) is 0 Å². The summed E-state index contributed by atoms with van der Waals surface area (Å²) in [4.78, 5) is 0. The molecule has 5 aliphatic carbocycles. The highest BCUT2D eigenvalue weighted by molar-refractivity contribution is 5.38. The monoisotopic (exact) mass is 426 g/mol. The maximum atomic E-state index is 10.9. The number of aliphatic hydroxyl groups is 1. The Morgan fingerprint density at radius 1 is 0.677 bits per heavy atom. The molecule has 0 radical (unpaired) electrons. The van der Waals surface area contributed by atoms with Gasteiger partial charge in [-0.3, -0.25) is 0 Å². The van der Waals surface area contributed by atoms with Crippen molar-refractivity contribution in [3.63, 3.8) is 0 Å². The molecule has 0 bridgehead atoms. The maximum Gasteiger partial charge on any atom is 0.0594 e. The van der Waals surface area contributed by atoms with Gasteiger partial charge in [-0.05, 0) is 115 Å². The second-order valence-corrected chi connectivity index (χ2v) is 15.2. The molecule has 0 heterocycles. The maximum absolute atomic E-state index is 10.9. The summed E-state index contributed by atoms with van der Waals surface area (Å²) >= 11 is 0. The molecule has 1 nitrogen and oxygen atoms in total. The van der Waals surface area contributed by atoms with Crippen LogP contribution in [-0.4, -0.2) is 11.2 Å². The molecule has 5 rings (SSSR count). The summed E-state index contributed by atoms with van der Waals surface area (Å²) in [5, 5.41) is 10.9. The lowest BCUT2D eigenvalue weighted by Gasteiger charge is -2.69. The molecule has 1 heteroatoms. The Bertz CT molecular complexity index is 803. The van der Waals surface area contributed by atoms with Crippen molar-refractivity contribution >= 4 is 0 Å². The molecular formula is C30H50O. The zero-order valence-electron chi connectivity index (χ0n) is 22.0. The SMILES string of the molecule is CC1(C)CC[C@]2(C)CC[C@]3(C)C4=C(CC[C@@]3(C)[C@@H]2C1)[C@@]1(C)CC[C@H](O)C(C)(C)[C@@H]1CC4. The van der Waals surface area contributed by atoms with Gasteiger partial charge in [0.05, 0.1) is 6.10 Å². The number of hydrogen-bond acceptors (Lipinski definition) is 1. The second kappa shape index (κ2) is 6.43. The fourth-order valence-electron chi connectivity index (χ4n) is 10.4. The van der Waals surface area contributed by atoms with E-state index in [9.17, 15) is 5.11 Å². The Morgan fingerprint density at radius 2 is 1.35 bits per heavy atom. The van der Waals surface area contributed by atoms with Gasteiger partial charge in [0.2, 0.25) is 0 Å². The number of aliphatic hydroxyl groups excluding tert-OH is 1. The first kappa shape index (κ1) is 22.5. The molecule has 0 aliphatic heterocycles. The molecule has 0 spiro atoms. The van der Waals surface area contributed by atoms with Gasteiger partial charge in [-0.2, -0.15) is 0 Å². The number of rotatable bonds is 0. The quantitative estimate of drug-likeness (QED) is 0.386. The van der Waals surface area contributed by atoms with Crippen LogP contribution in [0.1, 0.15) is 126 Å². The van der Waals surface area contributed by atoms with Crippen LogP contribution in [0.4, 0.5) is 0 Å². The molecule has 3 saturated carbocycles. The highest BCUT2D eigenvalue weighted by Crippen LogP contribution is 2.75. The van der Waals surface area contributed by atoms with Crippen LogP contribution in [0.15, 0.2) is 11.1 Å². The van der Waals surface area contributed by atoms with Crippen LogP contribution in [0.3, 0.4) is 0 Å². The summed E-state index contributed by atoms with van der Waals surface area (Å²) in [7, 11) is 0. The standard InChI is InChI=1S/C30H50O/c1-25(2)15-16-27(5)17-18-29(7)21-9-10-22-26(3,4)24(31)12-13-28(22,6)20(21)11-14-30(29,8)23(27)19-25/h22-24,31H,9-19H2,1-8H3/t22-,23+,24-,27+,28+,29+,30-/m0/s1. The first-order chi connectivity index (χ1) is 14.2. The third-order valence-electron chi connectivity index (χ3n) is 13.0. The van der Waals surface area contributed by atoms with Gasteiger partial charge in [0.1, 0.15) is 0 Å². The van der Waals surface area contributed by atoms with Crippen LogP contribution in [0.2, 0.25) is 0 Å². The number of fused-ring (bicyclic) bond motifs is 6. The molecular weight excluding hydrogens is 376 g/mol. The Kier molecular flexibility index (Phi) is 4.66. The van der Waals surface area contributed by atoms with Crippen molar-refractivity contribution in [3.8, 4) is 0 Å². The Balaban J connectivity index is 1.59. The van der Waals surface area contributed by atoms with Crippen LogP contribution in [-0.2, 0) is 0 Å². The zero-order chi connectivity index (χ0) is 22.7. The lowest BCUT2D eigenvalue weighted by Crippen LogP contribution is -2.61. The lowest BCUT2D eigenvalue weighted by molar-refractivity contribution is -0.154. The molecule has 0 aromatic carbocycles. The summed E-state index contributed by atoms with van der Waals surface area (Å²) in [5.74, 6) is 1.50.